The van der Waals surface area contributed by atoms with Crippen LogP contribution >= 0.6 is 0 Å². The molecule has 0 atom stereocenters. The Kier molecular flexibility index (Phi) is 7.06. The molecule has 2 rings (SSSR count). The molecule has 1 aromatic rings. The summed E-state index contributed by atoms with van der Waals surface area (Å²) in [4.78, 5) is 0.343. The zero-order valence-electron chi connectivity index (χ0n) is 15.4. The van der Waals surface area contributed by atoms with E-state index >= 15 is 0 Å². The third-order valence-corrected chi connectivity index (χ3v) is 6.23. The number of allylic oxidation sites excluding steroid dienone is 4. The molecule has 1 aliphatic rings. The zero-order chi connectivity index (χ0) is 18.3. The van der Waals surface area contributed by atoms with Gasteiger partial charge in [-0.15, -0.1) is 6.58 Å². The molecule has 0 fully saturated rings. The Balaban J connectivity index is 2.43. The van der Waals surface area contributed by atoms with E-state index in [4.69, 9.17) is 0 Å². The summed E-state index contributed by atoms with van der Waals surface area (Å²) in [7, 11) is -3.59. The van der Waals surface area contributed by atoms with Crippen molar-refractivity contribution in [2.45, 2.75) is 63.7 Å². The van der Waals surface area contributed by atoms with Crippen molar-refractivity contribution in [2.24, 2.45) is 0 Å². The van der Waals surface area contributed by atoms with Gasteiger partial charge in [0.25, 0.3) is 10.0 Å². The number of hydrogen-bond donors (Lipinski definition) is 0. The van der Waals surface area contributed by atoms with Gasteiger partial charge in [-0.2, -0.15) is 0 Å². The van der Waals surface area contributed by atoms with Gasteiger partial charge in [-0.3, -0.25) is 0 Å². The fourth-order valence-electron chi connectivity index (χ4n) is 3.08. The molecule has 0 bridgehead atoms. The van der Waals surface area contributed by atoms with Gasteiger partial charge in [-0.25, -0.2) is 12.7 Å². The summed E-state index contributed by atoms with van der Waals surface area (Å²) < 4.78 is 28.0. The summed E-state index contributed by atoms with van der Waals surface area (Å²) in [5.74, 6) is 0. The molecule has 0 spiro atoms. The highest BCUT2D eigenvalue weighted by molar-refractivity contribution is 7.89. The molecular formula is C21H29NO2S. The van der Waals surface area contributed by atoms with Crippen LogP contribution in [0, 0.1) is 6.92 Å². The highest BCUT2D eigenvalue weighted by atomic mass is 32.2. The molecule has 4 heteroatoms. The number of nitrogens with zero attached hydrogens (tertiary/aromatic N) is 1. The molecule has 3 nitrogen and oxygen atoms in total. The minimum absolute atomic E-state index is 0.343. The van der Waals surface area contributed by atoms with Crippen LogP contribution in [-0.2, 0) is 10.0 Å². The van der Waals surface area contributed by atoms with Gasteiger partial charge in [-0.05, 0) is 56.7 Å². The van der Waals surface area contributed by atoms with Gasteiger partial charge >= 0.3 is 0 Å². The monoisotopic (exact) mass is 359 g/mol. The van der Waals surface area contributed by atoms with Crippen LogP contribution in [0.2, 0.25) is 0 Å². The van der Waals surface area contributed by atoms with Crippen molar-refractivity contribution in [3.05, 3.63) is 66.0 Å². The van der Waals surface area contributed by atoms with Crippen LogP contribution in [0.3, 0.4) is 0 Å². The molecule has 0 radical (unpaired) electrons. The Morgan fingerprint density at radius 3 is 2.56 bits per heavy atom. The lowest BCUT2D eigenvalue weighted by atomic mass is 10.1. The van der Waals surface area contributed by atoms with E-state index < -0.39 is 10.0 Å². The SMILES string of the molecule is C=CCC1=C(N(C=CCCCC)S(=O)(=O)c2ccc(C)cc2)CCC1. The average molecular weight is 360 g/mol. The van der Waals surface area contributed by atoms with E-state index in [-0.39, 0.29) is 0 Å². The van der Waals surface area contributed by atoms with Crippen molar-refractivity contribution >= 4 is 10.0 Å². The highest BCUT2D eigenvalue weighted by Crippen LogP contribution is 2.35. The summed E-state index contributed by atoms with van der Waals surface area (Å²) in [5, 5.41) is 0. The standard InChI is InChI=1S/C21H29NO2S/c1-4-6-7-8-17-22(21-12-9-11-19(21)10-5-2)25(23,24)20-15-13-18(3)14-16-20/h5,8,13-17H,2,4,6-7,9-12H2,1,3H3. The second-order valence-electron chi connectivity index (χ2n) is 6.54. The van der Waals surface area contributed by atoms with Gasteiger partial charge < -0.3 is 0 Å². The summed E-state index contributed by atoms with van der Waals surface area (Å²) in [6.07, 6.45) is 12.1. The Labute approximate surface area is 152 Å². The van der Waals surface area contributed by atoms with E-state index in [1.165, 1.54) is 9.88 Å². The van der Waals surface area contributed by atoms with Crippen LogP contribution in [0.15, 0.2) is 65.4 Å². The first kappa shape index (κ1) is 19.5. The number of benzene rings is 1. The molecule has 0 amide bonds. The second kappa shape index (κ2) is 9.04. The molecular weight excluding hydrogens is 330 g/mol. The molecule has 0 saturated heterocycles. The fraction of sp³-hybridized carbons (Fsp3) is 0.429. The van der Waals surface area contributed by atoms with Gasteiger partial charge in [0.05, 0.1) is 4.90 Å². The molecule has 1 aliphatic carbocycles. The lowest BCUT2D eigenvalue weighted by Gasteiger charge is -2.23. The minimum Gasteiger partial charge on any atom is -0.246 e. The van der Waals surface area contributed by atoms with E-state index in [0.29, 0.717) is 4.90 Å². The largest absolute Gasteiger partial charge is 0.267 e. The average Bonchev–Trinajstić information content (AvgIpc) is 3.03. The van der Waals surface area contributed by atoms with Crippen LogP contribution in [0.4, 0.5) is 0 Å². The summed E-state index contributed by atoms with van der Waals surface area (Å²) >= 11 is 0. The molecule has 0 unspecified atom stereocenters. The Morgan fingerprint density at radius 2 is 1.92 bits per heavy atom. The normalized spacial score (nSPS) is 15.1. The minimum atomic E-state index is -3.59. The van der Waals surface area contributed by atoms with Crippen molar-refractivity contribution in [3.8, 4) is 0 Å². The molecule has 0 N–H and O–H groups in total. The maximum atomic E-state index is 13.3. The third-order valence-electron chi connectivity index (χ3n) is 4.50. The van der Waals surface area contributed by atoms with Crippen molar-refractivity contribution in [1.82, 2.24) is 4.31 Å². The smallest absolute Gasteiger partial charge is 0.246 e. The predicted molar refractivity (Wildman–Crippen MR) is 105 cm³/mol. The second-order valence-corrected chi connectivity index (χ2v) is 8.35. The highest BCUT2D eigenvalue weighted by Gasteiger charge is 2.28. The van der Waals surface area contributed by atoms with Gasteiger partial charge in [0, 0.05) is 11.9 Å². The van der Waals surface area contributed by atoms with Crippen LogP contribution in [0.1, 0.15) is 57.4 Å². The maximum Gasteiger partial charge on any atom is 0.267 e. The molecule has 25 heavy (non-hydrogen) atoms. The van der Waals surface area contributed by atoms with Crippen LogP contribution in [0.25, 0.3) is 0 Å². The number of hydrogen-bond acceptors (Lipinski definition) is 2. The van der Waals surface area contributed by atoms with Crippen molar-refractivity contribution in [2.75, 3.05) is 0 Å². The first-order valence-electron chi connectivity index (χ1n) is 9.10. The van der Waals surface area contributed by atoms with Gasteiger partial charge in [0.1, 0.15) is 0 Å². The lowest BCUT2D eigenvalue weighted by Crippen LogP contribution is -2.25. The molecule has 0 aliphatic heterocycles. The predicted octanol–water partition coefficient (Wildman–Crippen LogP) is 5.70. The van der Waals surface area contributed by atoms with E-state index in [1.807, 2.05) is 31.2 Å². The van der Waals surface area contributed by atoms with E-state index in [2.05, 4.69) is 13.5 Å². The van der Waals surface area contributed by atoms with E-state index in [0.717, 1.165) is 56.2 Å². The summed E-state index contributed by atoms with van der Waals surface area (Å²) in [5.41, 5.74) is 3.16. The van der Waals surface area contributed by atoms with E-state index in [1.54, 1.807) is 18.3 Å². The quantitative estimate of drug-likeness (QED) is 0.419. The molecule has 0 saturated carbocycles. The Bertz CT molecular complexity index is 743. The first-order valence-corrected chi connectivity index (χ1v) is 10.5. The van der Waals surface area contributed by atoms with Crippen molar-refractivity contribution < 1.29 is 8.42 Å². The first-order chi connectivity index (χ1) is 12.0. The Hall–Kier alpha value is -1.81. The Morgan fingerprint density at radius 1 is 1.20 bits per heavy atom. The van der Waals surface area contributed by atoms with Gasteiger partial charge in [0.2, 0.25) is 0 Å². The molecule has 1 aromatic carbocycles. The van der Waals surface area contributed by atoms with Crippen LogP contribution < -0.4 is 0 Å². The molecule has 0 heterocycles. The molecule has 136 valence electrons. The lowest BCUT2D eigenvalue weighted by molar-refractivity contribution is 0.533. The van der Waals surface area contributed by atoms with Crippen LogP contribution in [0.5, 0.6) is 0 Å². The molecule has 0 aromatic heterocycles. The summed E-state index contributed by atoms with van der Waals surface area (Å²) in [6.45, 7) is 7.91. The third kappa shape index (κ3) is 4.85. The number of unbranched alkanes of at least 4 members (excludes halogenated alkanes) is 2. The fourth-order valence-corrected chi connectivity index (χ4v) is 4.55. The number of rotatable bonds is 9. The summed E-state index contributed by atoms with van der Waals surface area (Å²) in [6, 6.07) is 7.08. The van der Waals surface area contributed by atoms with Crippen molar-refractivity contribution in [1.29, 1.82) is 0 Å². The van der Waals surface area contributed by atoms with E-state index in [9.17, 15) is 8.42 Å². The zero-order valence-corrected chi connectivity index (χ0v) is 16.2. The van der Waals surface area contributed by atoms with Gasteiger partial charge in [0.15, 0.2) is 0 Å². The number of aryl methyl sites for hydroxylation is 1. The van der Waals surface area contributed by atoms with Crippen molar-refractivity contribution in [3.63, 3.8) is 0 Å². The van der Waals surface area contributed by atoms with Crippen LogP contribution in [-0.4, -0.2) is 12.7 Å². The van der Waals surface area contributed by atoms with Gasteiger partial charge in [-0.1, -0.05) is 49.6 Å². The maximum absolute atomic E-state index is 13.3. The number of sulfonamides is 1. The topological polar surface area (TPSA) is 37.4 Å².